The molecule has 2 rings (SSSR count). The summed E-state index contributed by atoms with van der Waals surface area (Å²) in [4.78, 5) is 27.5. The van der Waals surface area contributed by atoms with Crippen LogP contribution in [0.25, 0.3) is 0 Å². The minimum absolute atomic E-state index is 0.0460. The molecule has 2 amide bonds. The van der Waals surface area contributed by atoms with E-state index in [2.05, 4.69) is 20.9 Å². The van der Waals surface area contributed by atoms with Crippen molar-refractivity contribution in [1.82, 2.24) is 16.0 Å². The first kappa shape index (κ1) is 24.5. The standard InChI is InChI=1S/C19H29N5O7/c20-16(28)12(22-17(29)11-5-2-1-3-6-11)7-4-8-21-18-23-15(19(30,31)24-18)9-13(26)14(27)10-25/h1-3,5-6,12-15,25-27,30-31H,4,7-10H2,(H2,20,28)(H,22,29)(H2,21,23,24). The van der Waals surface area contributed by atoms with Gasteiger partial charge in [-0.2, -0.15) is 4.99 Å². The number of benzene rings is 1. The van der Waals surface area contributed by atoms with Gasteiger partial charge in [0, 0.05) is 18.5 Å². The molecule has 12 nitrogen and oxygen atoms in total. The lowest BCUT2D eigenvalue weighted by Crippen LogP contribution is -2.50. The number of carbonyl (C=O) groups excluding carboxylic acids is 2. The summed E-state index contributed by atoms with van der Waals surface area (Å²) in [7, 11) is 0. The Morgan fingerprint density at radius 3 is 2.48 bits per heavy atom. The van der Waals surface area contributed by atoms with Gasteiger partial charge in [-0.15, -0.1) is 0 Å². The molecule has 12 heteroatoms. The van der Waals surface area contributed by atoms with Crippen LogP contribution in [0.15, 0.2) is 35.3 Å². The lowest BCUT2D eigenvalue weighted by Gasteiger charge is -2.25. The minimum Gasteiger partial charge on any atom is -0.394 e. The van der Waals surface area contributed by atoms with Crippen molar-refractivity contribution in [3.8, 4) is 0 Å². The second kappa shape index (κ2) is 11.0. The predicted octanol–water partition coefficient (Wildman–Crippen LogP) is -3.29. The van der Waals surface area contributed by atoms with Gasteiger partial charge in [0.25, 0.3) is 11.8 Å². The Morgan fingerprint density at radius 1 is 1.19 bits per heavy atom. The molecule has 4 unspecified atom stereocenters. The van der Waals surface area contributed by atoms with Gasteiger partial charge in [-0.1, -0.05) is 18.2 Å². The summed E-state index contributed by atoms with van der Waals surface area (Å²) in [6, 6.07) is 6.39. The lowest BCUT2D eigenvalue weighted by molar-refractivity contribution is -0.173. The first-order valence-corrected chi connectivity index (χ1v) is 9.81. The number of aliphatic hydroxyl groups is 5. The maximum Gasteiger partial charge on any atom is 0.288 e. The molecule has 172 valence electrons. The number of aliphatic hydroxyl groups excluding tert-OH is 3. The highest BCUT2D eigenvalue weighted by Gasteiger charge is 2.42. The van der Waals surface area contributed by atoms with E-state index in [9.17, 15) is 30.0 Å². The highest BCUT2D eigenvalue weighted by molar-refractivity contribution is 5.97. The molecule has 0 aromatic heterocycles. The molecule has 4 atom stereocenters. The summed E-state index contributed by atoms with van der Waals surface area (Å²) >= 11 is 0. The van der Waals surface area contributed by atoms with E-state index in [1.807, 2.05) is 0 Å². The molecule has 0 saturated carbocycles. The van der Waals surface area contributed by atoms with Crippen molar-refractivity contribution >= 4 is 17.8 Å². The highest BCUT2D eigenvalue weighted by Crippen LogP contribution is 2.20. The van der Waals surface area contributed by atoms with E-state index < -0.39 is 48.6 Å². The van der Waals surface area contributed by atoms with E-state index in [1.54, 1.807) is 30.3 Å². The Morgan fingerprint density at radius 2 is 1.87 bits per heavy atom. The Bertz CT molecular complexity index is 774. The Balaban J connectivity index is 1.80. The number of nitrogens with one attached hydrogen (secondary N) is 3. The van der Waals surface area contributed by atoms with Crippen LogP contribution in [-0.4, -0.2) is 86.7 Å². The average molecular weight is 439 g/mol. The highest BCUT2D eigenvalue weighted by atomic mass is 16.5. The zero-order valence-electron chi connectivity index (χ0n) is 16.8. The van der Waals surface area contributed by atoms with E-state index in [0.29, 0.717) is 12.0 Å². The number of amides is 2. The number of primary amides is 1. The minimum atomic E-state index is -2.52. The third-order valence-electron chi connectivity index (χ3n) is 4.81. The molecule has 0 fully saturated rings. The van der Waals surface area contributed by atoms with Gasteiger partial charge in [0.1, 0.15) is 18.2 Å². The first-order valence-electron chi connectivity index (χ1n) is 9.81. The fraction of sp³-hybridized carbons (Fsp3) is 0.526. The fourth-order valence-corrected chi connectivity index (χ4v) is 2.99. The van der Waals surface area contributed by atoms with Gasteiger partial charge in [-0.05, 0) is 25.0 Å². The van der Waals surface area contributed by atoms with Crippen LogP contribution in [0.1, 0.15) is 29.6 Å². The number of rotatable bonds is 11. The summed E-state index contributed by atoms with van der Waals surface area (Å²) in [6.07, 6.45) is -2.46. The number of hydrogen-bond donors (Lipinski definition) is 9. The fourth-order valence-electron chi connectivity index (χ4n) is 2.99. The molecule has 0 aliphatic carbocycles. The summed E-state index contributed by atoms with van der Waals surface area (Å²) in [6.45, 7) is -0.410. The van der Waals surface area contributed by atoms with Gasteiger partial charge in [0.2, 0.25) is 5.91 Å². The maximum atomic E-state index is 12.2. The average Bonchev–Trinajstić information content (AvgIpc) is 3.02. The van der Waals surface area contributed by atoms with Crippen molar-refractivity contribution in [1.29, 1.82) is 0 Å². The lowest BCUT2D eigenvalue weighted by atomic mass is 10.0. The molecule has 31 heavy (non-hydrogen) atoms. The molecule has 10 N–H and O–H groups in total. The normalized spacial score (nSPS) is 20.2. The van der Waals surface area contributed by atoms with Crippen molar-refractivity contribution in [3.63, 3.8) is 0 Å². The van der Waals surface area contributed by atoms with Crippen molar-refractivity contribution in [3.05, 3.63) is 35.9 Å². The SMILES string of the molecule is NC(=O)C(CCCNC1=NC(O)(O)C(CC(O)C(O)CO)N1)NC(=O)c1ccccc1. The van der Waals surface area contributed by atoms with Crippen LogP contribution >= 0.6 is 0 Å². The van der Waals surface area contributed by atoms with E-state index in [4.69, 9.17) is 10.8 Å². The second-order valence-corrected chi connectivity index (χ2v) is 7.26. The number of nitrogens with zero attached hydrogens (tertiary/aromatic N) is 1. The number of carbonyl (C=O) groups is 2. The number of nitrogens with two attached hydrogens (primary N) is 1. The van der Waals surface area contributed by atoms with Gasteiger partial charge in [-0.3, -0.25) is 9.59 Å². The topological polar surface area (TPSA) is 210 Å². The van der Waals surface area contributed by atoms with Crippen LogP contribution < -0.4 is 21.7 Å². The molecule has 0 bridgehead atoms. The Kier molecular flexibility index (Phi) is 8.71. The zero-order chi connectivity index (χ0) is 23.0. The second-order valence-electron chi connectivity index (χ2n) is 7.26. The van der Waals surface area contributed by atoms with Crippen LogP contribution in [-0.2, 0) is 4.79 Å². The molecular weight excluding hydrogens is 410 g/mol. The number of guanidine groups is 1. The molecule has 0 saturated heterocycles. The summed E-state index contributed by atoms with van der Waals surface area (Å²) in [5.74, 6) is -3.57. The van der Waals surface area contributed by atoms with Gasteiger partial charge in [0.15, 0.2) is 5.96 Å². The van der Waals surface area contributed by atoms with E-state index in [0.717, 1.165) is 0 Å². The first-order chi connectivity index (χ1) is 14.6. The van der Waals surface area contributed by atoms with Crippen LogP contribution in [0.2, 0.25) is 0 Å². The number of hydrogen-bond acceptors (Lipinski definition) is 10. The van der Waals surface area contributed by atoms with Gasteiger partial charge in [-0.25, -0.2) is 0 Å². The smallest absolute Gasteiger partial charge is 0.288 e. The van der Waals surface area contributed by atoms with Crippen LogP contribution in [0.4, 0.5) is 0 Å². The molecule has 0 spiro atoms. The molecular formula is C19H29N5O7. The summed E-state index contributed by atoms with van der Waals surface area (Å²) in [5.41, 5.74) is 5.77. The van der Waals surface area contributed by atoms with Gasteiger partial charge >= 0.3 is 0 Å². The third-order valence-corrected chi connectivity index (χ3v) is 4.81. The van der Waals surface area contributed by atoms with Gasteiger partial charge < -0.3 is 47.2 Å². The summed E-state index contributed by atoms with van der Waals surface area (Å²) < 4.78 is 0. The molecule has 1 aliphatic rings. The molecule has 1 heterocycles. The van der Waals surface area contributed by atoms with Crippen LogP contribution in [0.5, 0.6) is 0 Å². The van der Waals surface area contributed by atoms with E-state index in [-0.39, 0.29) is 25.3 Å². The molecule has 1 aromatic rings. The van der Waals surface area contributed by atoms with Crippen LogP contribution in [0, 0.1) is 0 Å². The van der Waals surface area contributed by atoms with Gasteiger partial charge in [0.05, 0.1) is 12.7 Å². The van der Waals surface area contributed by atoms with Crippen molar-refractivity contribution < 1.29 is 35.1 Å². The Hall–Kier alpha value is -2.77. The molecule has 1 aliphatic heterocycles. The number of aliphatic imine (C=N–C) groups is 1. The quantitative estimate of drug-likeness (QED) is 0.125. The van der Waals surface area contributed by atoms with Crippen molar-refractivity contribution in [2.24, 2.45) is 10.7 Å². The van der Waals surface area contributed by atoms with E-state index in [1.165, 1.54) is 0 Å². The monoisotopic (exact) mass is 439 g/mol. The molecule has 1 aromatic carbocycles. The maximum absolute atomic E-state index is 12.2. The van der Waals surface area contributed by atoms with E-state index >= 15 is 0 Å². The van der Waals surface area contributed by atoms with Crippen molar-refractivity contribution in [2.75, 3.05) is 13.2 Å². The summed E-state index contributed by atoms with van der Waals surface area (Å²) in [5, 5.41) is 56.0. The van der Waals surface area contributed by atoms with Crippen LogP contribution in [0.3, 0.4) is 0 Å². The zero-order valence-corrected chi connectivity index (χ0v) is 16.8. The largest absolute Gasteiger partial charge is 0.394 e. The molecule has 0 radical (unpaired) electrons. The third kappa shape index (κ3) is 7.15. The Labute approximate surface area is 178 Å². The van der Waals surface area contributed by atoms with Crippen molar-refractivity contribution in [2.45, 2.75) is 49.5 Å². The predicted molar refractivity (Wildman–Crippen MR) is 109 cm³/mol.